The Bertz CT molecular complexity index is 1470. The van der Waals surface area contributed by atoms with Crippen molar-refractivity contribution in [3.05, 3.63) is 92.4 Å². The average molecular weight is 659 g/mol. The lowest BCUT2D eigenvalue weighted by Crippen LogP contribution is -2.52. The van der Waals surface area contributed by atoms with Gasteiger partial charge < -0.3 is 10.2 Å². The summed E-state index contributed by atoms with van der Waals surface area (Å²) in [6.45, 7) is 3.60. The predicted molar refractivity (Wildman–Crippen MR) is 166 cm³/mol. The van der Waals surface area contributed by atoms with Crippen LogP contribution in [0.25, 0.3) is 0 Å². The van der Waals surface area contributed by atoms with Gasteiger partial charge in [0.2, 0.25) is 11.8 Å². The number of hydrogen-bond donors (Lipinski definition) is 1. The maximum absolute atomic E-state index is 14.1. The normalized spacial score (nSPS) is 12.0. The highest BCUT2D eigenvalue weighted by Gasteiger charge is 2.34. The molecule has 0 unspecified atom stereocenters. The van der Waals surface area contributed by atoms with Gasteiger partial charge in [0.1, 0.15) is 12.6 Å². The van der Waals surface area contributed by atoms with Crippen LogP contribution in [0.5, 0.6) is 0 Å². The second kappa shape index (κ2) is 15.1. The number of nitrogens with one attached hydrogen (secondary N) is 1. The SMILES string of the molecule is CCCCNC(=O)[C@@H](CC)N(Cc1ccc(Cl)cc1Cl)C(=O)CN(c1cccc(Cl)c1)S(=O)(=O)c1ccc(Cl)cc1. The summed E-state index contributed by atoms with van der Waals surface area (Å²) < 4.78 is 28.7. The van der Waals surface area contributed by atoms with Gasteiger partial charge in [-0.15, -0.1) is 0 Å². The van der Waals surface area contributed by atoms with Crippen LogP contribution in [0.2, 0.25) is 20.1 Å². The Morgan fingerprint density at radius 3 is 2.15 bits per heavy atom. The molecule has 0 bridgehead atoms. The summed E-state index contributed by atoms with van der Waals surface area (Å²) in [7, 11) is -4.25. The van der Waals surface area contributed by atoms with E-state index in [2.05, 4.69) is 5.32 Å². The van der Waals surface area contributed by atoms with E-state index in [-0.39, 0.29) is 34.5 Å². The second-order valence-corrected chi connectivity index (χ2v) is 12.9. The Hall–Kier alpha value is -2.49. The lowest BCUT2D eigenvalue weighted by molar-refractivity contribution is -0.140. The van der Waals surface area contributed by atoms with Crippen molar-refractivity contribution in [2.24, 2.45) is 0 Å². The molecule has 220 valence electrons. The molecule has 1 N–H and O–H groups in total. The monoisotopic (exact) mass is 657 g/mol. The standard InChI is InChI=1S/C29H31Cl4N3O4S/c1-3-5-15-34-29(38)27(4-2)35(18-20-9-10-23(32)17-26(20)33)28(37)19-36(24-8-6-7-22(31)16-24)41(39,40)25-13-11-21(30)12-14-25/h6-14,16-17,27H,3-5,15,18-19H2,1-2H3,(H,34,38)/t27-/m1/s1. The van der Waals surface area contributed by atoms with Gasteiger partial charge >= 0.3 is 0 Å². The van der Waals surface area contributed by atoms with E-state index in [0.29, 0.717) is 27.2 Å². The molecule has 0 saturated carbocycles. The van der Waals surface area contributed by atoms with Crippen molar-refractivity contribution in [3.63, 3.8) is 0 Å². The maximum Gasteiger partial charge on any atom is 0.264 e. The van der Waals surface area contributed by atoms with E-state index in [1.807, 2.05) is 6.92 Å². The molecule has 3 aromatic carbocycles. The topological polar surface area (TPSA) is 86.8 Å². The molecule has 12 heteroatoms. The van der Waals surface area contributed by atoms with Crippen molar-refractivity contribution in [2.75, 3.05) is 17.4 Å². The summed E-state index contributed by atoms with van der Waals surface area (Å²) in [6.07, 6.45) is 1.95. The minimum atomic E-state index is -4.25. The lowest BCUT2D eigenvalue weighted by atomic mass is 10.1. The number of benzene rings is 3. The molecule has 0 aliphatic rings. The highest BCUT2D eigenvalue weighted by molar-refractivity contribution is 7.92. The number of carbonyl (C=O) groups excluding carboxylic acids is 2. The highest BCUT2D eigenvalue weighted by Crippen LogP contribution is 2.28. The molecular formula is C29H31Cl4N3O4S. The molecule has 0 fully saturated rings. The van der Waals surface area contributed by atoms with Gasteiger partial charge in [-0.25, -0.2) is 8.42 Å². The third kappa shape index (κ3) is 8.75. The van der Waals surface area contributed by atoms with Crippen LogP contribution in [0.1, 0.15) is 38.7 Å². The number of sulfonamides is 1. The zero-order valence-corrected chi connectivity index (χ0v) is 26.5. The van der Waals surface area contributed by atoms with E-state index in [4.69, 9.17) is 46.4 Å². The summed E-state index contributed by atoms with van der Waals surface area (Å²) in [5.41, 5.74) is 0.741. The van der Waals surface area contributed by atoms with E-state index >= 15 is 0 Å². The van der Waals surface area contributed by atoms with Gasteiger partial charge in [0.25, 0.3) is 10.0 Å². The molecular weight excluding hydrogens is 628 g/mol. The van der Waals surface area contributed by atoms with Crippen molar-refractivity contribution in [3.8, 4) is 0 Å². The summed E-state index contributed by atoms with van der Waals surface area (Å²) in [5, 5.41) is 4.27. The molecule has 0 spiro atoms. The number of halogens is 4. The highest BCUT2D eigenvalue weighted by atomic mass is 35.5. The van der Waals surface area contributed by atoms with Crippen molar-refractivity contribution < 1.29 is 18.0 Å². The first-order valence-corrected chi connectivity index (χ1v) is 16.0. The van der Waals surface area contributed by atoms with Gasteiger partial charge in [0, 0.05) is 33.2 Å². The van der Waals surface area contributed by atoms with Gasteiger partial charge in [0.05, 0.1) is 10.6 Å². The third-order valence-corrected chi connectivity index (χ3v) is 9.21. The summed E-state index contributed by atoms with van der Waals surface area (Å²) in [5.74, 6) is -0.944. The molecule has 0 aliphatic carbocycles. The molecule has 0 heterocycles. The first kappa shape index (κ1) is 33.0. The minimum Gasteiger partial charge on any atom is -0.354 e. The molecule has 41 heavy (non-hydrogen) atoms. The molecule has 0 radical (unpaired) electrons. The van der Waals surface area contributed by atoms with E-state index in [0.717, 1.165) is 17.1 Å². The number of hydrogen-bond acceptors (Lipinski definition) is 4. The Balaban J connectivity index is 2.06. The molecule has 0 saturated heterocycles. The van der Waals surface area contributed by atoms with Gasteiger partial charge in [-0.05, 0) is 73.0 Å². The summed E-state index contributed by atoms with van der Waals surface area (Å²) in [6, 6.07) is 15.8. The maximum atomic E-state index is 14.1. The van der Waals surface area contributed by atoms with E-state index in [1.165, 1.54) is 35.2 Å². The fourth-order valence-corrected chi connectivity index (χ4v) is 6.34. The van der Waals surface area contributed by atoms with Crippen LogP contribution in [0, 0.1) is 0 Å². The van der Waals surface area contributed by atoms with Gasteiger partial charge in [0.15, 0.2) is 0 Å². The number of amides is 2. The largest absolute Gasteiger partial charge is 0.354 e. The Morgan fingerprint density at radius 2 is 1.54 bits per heavy atom. The van der Waals surface area contributed by atoms with Crippen LogP contribution in [0.3, 0.4) is 0 Å². The average Bonchev–Trinajstić information content (AvgIpc) is 2.93. The molecule has 2 amide bonds. The summed E-state index contributed by atoms with van der Waals surface area (Å²) in [4.78, 5) is 28.6. The van der Waals surface area contributed by atoms with Gasteiger partial charge in [-0.2, -0.15) is 0 Å². The molecule has 7 nitrogen and oxygen atoms in total. The van der Waals surface area contributed by atoms with Crippen LogP contribution < -0.4 is 9.62 Å². The number of carbonyl (C=O) groups is 2. The van der Waals surface area contributed by atoms with Crippen LogP contribution in [0.4, 0.5) is 5.69 Å². The predicted octanol–water partition coefficient (Wildman–Crippen LogP) is 7.22. The third-order valence-electron chi connectivity index (χ3n) is 6.35. The van der Waals surface area contributed by atoms with Crippen molar-refractivity contribution in [1.29, 1.82) is 0 Å². The van der Waals surface area contributed by atoms with Crippen molar-refractivity contribution >= 4 is 73.9 Å². The zero-order valence-electron chi connectivity index (χ0n) is 22.6. The van der Waals surface area contributed by atoms with Crippen LogP contribution in [-0.2, 0) is 26.2 Å². The van der Waals surface area contributed by atoms with Crippen molar-refractivity contribution in [1.82, 2.24) is 10.2 Å². The molecule has 3 aromatic rings. The van der Waals surface area contributed by atoms with Gasteiger partial charge in [-0.3, -0.25) is 13.9 Å². The fraction of sp³-hybridized carbons (Fsp3) is 0.310. The van der Waals surface area contributed by atoms with Crippen molar-refractivity contribution in [2.45, 2.75) is 50.6 Å². The Labute approximate surface area is 261 Å². The first-order valence-electron chi connectivity index (χ1n) is 13.0. The number of nitrogens with zero attached hydrogens (tertiary/aromatic N) is 2. The smallest absolute Gasteiger partial charge is 0.264 e. The van der Waals surface area contributed by atoms with Gasteiger partial charge in [-0.1, -0.05) is 78.8 Å². The lowest BCUT2D eigenvalue weighted by Gasteiger charge is -2.33. The summed E-state index contributed by atoms with van der Waals surface area (Å²) >= 11 is 24.7. The molecule has 3 rings (SSSR count). The minimum absolute atomic E-state index is 0.0427. The number of anilines is 1. The Kier molecular flexibility index (Phi) is 12.2. The van der Waals surface area contributed by atoms with Crippen LogP contribution in [0.15, 0.2) is 71.6 Å². The zero-order chi connectivity index (χ0) is 30.2. The quantitative estimate of drug-likeness (QED) is 0.197. The molecule has 0 aliphatic heterocycles. The molecule has 1 atom stereocenters. The van der Waals surface area contributed by atoms with Crippen LogP contribution in [-0.4, -0.2) is 44.3 Å². The van der Waals surface area contributed by atoms with E-state index in [9.17, 15) is 18.0 Å². The Morgan fingerprint density at radius 1 is 0.878 bits per heavy atom. The first-order chi connectivity index (χ1) is 19.5. The molecule has 0 aromatic heterocycles. The van der Waals surface area contributed by atoms with E-state index < -0.39 is 28.5 Å². The van der Waals surface area contributed by atoms with E-state index in [1.54, 1.807) is 43.3 Å². The second-order valence-electron chi connectivity index (χ2n) is 9.27. The van der Waals surface area contributed by atoms with Crippen LogP contribution >= 0.6 is 46.4 Å². The number of rotatable bonds is 13. The fourth-order valence-electron chi connectivity index (χ4n) is 4.15. The number of unbranched alkanes of at least 4 members (excludes halogenated alkanes) is 1.